The Kier molecular flexibility index (Phi) is 6.79. The zero-order valence-corrected chi connectivity index (χ0v) is 18.2. The molecule has 1 aromatic carbocycles. The van der Waals surface area contributed by atoms with Crippen molar-refractivity contribution in [1.82, 2.24) is 14.9 Å². The first kappa shape index (κ1) is 21.3. The lowest BCUT2D eigenvalue weighted by atomic mass is 10.0. The minimum atomic E-state index is -0.321. The molecule has 0 unspecified atom stereocenters. The molecule has 4 rings (SSSR count). The molecule has 0 N–H and O–H groups in total. The van der Waals surface area contributed by atoms with Crippen LogP contribution in [-0.4, -0.2) is 53.0 Å². The van der Waals surface area contributed by atoms with Crippen molar-refractivity contribution in [3.05, 3.63) is 41.6 Å². The van der Waals surface area contributed by atoms with Gasteiger partial charge in [0.05, 0.1) is 25.3 Å². The highest BCUT2D eigenvalue weighted by molar-refractivity contribution is 5.81. The third kappa shape index (κ3) is 5.03. The van der Waals surface area contributed by atoms with E-state index in [-0.39, 0.29) is 24.7 Å². The van der Waals surface area contributed by atoms with Crippen LogP contribution in [0.15, 0.2) is 30.3 Å². The van der Waals surface area contributed by atoms with Gasteiger partial charge in [0.25, 0.3) is 0 Å². The van der Waals surface area contributed by atoms with E-state index in [0.29, 0.717) is 26.1 Å². The van der Waals surface area contributed by atoms with E-state index in [2.05, 4.69) is 4.90 Å². The first-order valence-electron chi connectivity index (χ1n) is 11.3. The van der Waals surface area contributed by atoms with Gasteiger partial charge in [-0.2, -0.15) is 0 Å². The number of rotatable bonds is 6. The number of hydrogen-bond donors (Lipinski definition) is 0. The maximum Gasteiger partial charge on any atom is 0.306 e. The van der Waals surface area contributed by atoms with E-state index < -0.39 is 0 Å². The fourth-order valence-electron chi connectivity index (χ4n) is 4.29. The van der Waals surface area contributed by atoms with Gasteiger partial charge in [-0.25, -0.2) is 9.97 Å². The van der Waals surface area contributed by atoms with Crippen molar-refractivity contribution in [2.75, 3.05) is 31.1 Å². The summed E-state index contributed by atoms with van der Waals surface area (Å²) >= 11 is 0. The number of anilines is 1. The molecule has 1 aromatic heterocycles. The molecule has 0 radical (unpaired) electrons. The van der Waals surface area contributed by atoms with Gasteiger partial charge in [0.2, 0.25) is 5.91 Å². The minimum Gasteiger partial charge on any atom is -0.466 e. The number of ether oxygens (including phenoxy) is 1. The summed E-state index contributed by atoms with van der Waals surface area (Å²) in [5, 5.41) is 0. The average Bonchev–Trinajstić information content (AvgIpc) is 2.83. The highest BCUT2D eigenvalue weighted by atomic mass is 16.5. The second-order valence-electron chi connectivity index (χ2n) is 8.08. The SMILES string of the molecule is CCOC(=O)CCC(=O)N1CCc2nc(-c3ccccc3)nc(N3CCCCC3)c2C1. The molecule has 2 aliphatic heterocycles. The Balaban J connectivity index is 1.59. The van der Waals surface area contributed by atoms with Gasteiger partial charge >= 0.3 is 5.97 Å². The minimum absolute atomic E-state index is 0.0181. The smallest absolute Gasteiger partial charge is 0.306 e. The van der Waals surface area contributed by atoms with Crippen LogP contribution in [0.2, 0.25) is 0 Å². The van der Waals surface area contributed by atoms with E-state index in [9.17, 15) is 9.59 Å². The van der Waals surface area contributed by atoms with Gasteiger partial charge in [0, 0.05) is 43.6 Å². The maximum absolute atomic E-state index is 12.8. The topological polar surface area (TPSA) is 75.6 Å². The second-order valence-corrected chi connectivity index (χ2v) is 8.08. The number of piperidine rings is 1. The fraction of sp³-hybridized carbons (Fsp3) is 0.500. The van der Waals surface area contributed by atoms with Crippen molar-refractivity contribution in [2.45, 2.75) is 52.0 Å². The van der Waals surface area contributed by atoms with Crippen LogP contribution in [0.1, 0.15) is 50.3 Å². The molecule has 1 amide bonds. The van der Waals surface area contributed by atoms with Crippen LogP contribution < -0.4 is 4.90 Å². The second kappa shape index (κ2) is 9.90. The van der Waals surface area contributed by atoms with Crippen LogP contribution in [0.3, 0.4) is 0 Å². The van der Waals surface area contributed by atoms with Crippen LogP contribution >= 0.6 is 0 Å². The lowest BCUT2D eigenvalue weighted by Gasteiger charge is -2.34. The fourth-order valence-corrected chi connectivity index (χ4v) is 4.29. The number of benzene rings is 1. The molecule has 0 spiro atoms. The normalized spacial score (nSPS) is 16.0. The van der Waals surface area contributed by atoms with Crippen molar-refractivity contribution in [1.29, 1.82) is 0 Å². The summed E-state index contributed by atoms with van der Waals surface area (Å²) in [4.78, 5) is 38.4. The molecule has 1 saturated heterocycles. The zero-order valence-electron chi connectivity index (χ0n) is 18.2. The summed E-state index contributed by atoms with van der Waals surface area (Å²) in [5.74, 6) is 1.38. The van der Waals surface area contributed by atoms with Crippen molar-refractivity contribution >= 4 is 17.7 Å². The first-order chi connectivity index (χ1) is 15.2. The molecule has 0 saturated carbocycles. The molecule has 0 aliphatic carbocycles. The first-order valence-corrected chi connectivity index (χ1v) is 11.3. The molecule has 7 heteroatoms. The van der Waals surface area contributed by atoms with Crippen LogP contribution in [-0.2, 0) is 27.3 Å². The van der Waals surface area contributed by atoms with Crippen molar-refractivity contribution in [2.24, 2.45) is 0 Å². The quantitative estimate of drug-likeness (QED) is 0.665. The maximum atomic E-state index is 12.8. The van der Waals surface area contributed by atoms with Gasteiger partial charge < -0.3 is 14.5 Å². The van der Waals surface area contributed by atoms with E-state index in [1.165, 1.54) is 6.42 Å². The van der Waals surface area contributed by atoms with E-state index >= 15 is 0 Å². The molecule has 0 bridgehead atoms. The van der Waals surface area contributed by atoms with Crippen LogP contribution in [0.4, 0.5) is 5.82 Å². The van der Waals surface area contributed by atoms with Gasteiger partial charge in [-0.1, -0.05) is 30.3 Å². The van der Waals surface area contributed by atoms with Crippen molar-refractivity contribution in [3.8, 4) is 11.4 Å². The average molecular weight is 423 g/mol. The highest BCUT2D eigenvalue weighted by Gasteiger charge is 2.28. The molecule has 31 heavy (non-hydrogen) atoms. The van der Waals surface area contributed by atoms with E-state index in [1.807, 2.05) is 35.2 Å². The monoisotopic (exact) mass is 422 g/mol. The Morgan fingerprint density at radius 3 is 2.52 bits per heavy atom. The van der Waals surface area contributed by atoms with Gasteiger partial charge in [0.15, 0.2) is 5.82 Å². The molecule has 0 atom stereocenters. The molecule has 1 fully saturated rings. The molecular formula is C24H30N4O3. The predicted octanol–water partition coefficient (Wildman–Crippen LogP) is 3.36. The lowest BCUT2D eigenvalue weighted by molar-refractivity contribution is -0.145. The predicted molar refractivity (Wildman–Crippen MR) is 119 cm³/mol. The molecule has 2 aromatic rings. The van der Waals surface area contributed by atoms with E-state index in [1.54, 1.807) is 6.92 Å². The largest absolute Gasteiger partial charge is 0.466 e. The summed E-state index contributed by atoms with van der Waals surface area (Å²) in [6, 6.07) is 10.1. The summed E-state index contributed by atoms with van der Waals surface area (Å²) < 4.78 is 4.95. The Hall–Kier alpha value is -2.96. The summed E-state index contributed by atoms with van der Waals surface area (Å²) in [7, 11) is 0. The summed E-state index contributed by atoms with van der Waals surface area (Å²) in [5.41, 5.74) is 3.10. The standard InChI is InChI=1S/C24H30N4O3/c1-2-31-22(30)12-11-21(29)28-16-13-20-19(17-28)24(27-14-7-4-8-15-27)26-23(25-20)18-9-5-3-6-10-18/h3,5-6,9-10H,2,4,7-8,11-17H2,1H3. The van der Waals surface area contributed by atoms with Gasteiger partial charge in [0.1, 0.15) is 5.82 Å². The van der Waals surface area contributed by atoms with Gasteiger partial charge in [-0.05, 0) is 26.2 Å². The number of aromatic nitrogens is 2. The van der Waals surface area contributed by atoms with Gasteiger partial charge in [-0.15, -0.1) is 0 Å². The molecule has 164 valence electrons. The van der Waals surface area contributed by atoms with Crippen molar-refractivity contribution in [3.63, 3.8) is 0 Å². The van der Waals surface area contributed by atoms with Crippen molar-refractivity contribution < 1.29 is 14.3 Å². The third-order valence-corrected chi connectivity index (χ3v) is 5.93. The van der Waals surface area contributed by atoms with Crippen LogP contribution in [0, 0.1) is 0 Å². The summed E-state index contributed by atoms with van der Waals surface area (Å²) in [6.45, 7) is 5.18. The Morgan fingerprint density at radius 2 is 1.77 bits per heavy atom. The number of esters is 1. The number of carbonyl (C=O) groups excluding carboxylic acids is 2. The Bertz CT molecular complexity index is 926. The zero-order chi connectivity index (χ0) is 21.6. The summed E-state index contributed by atoms with van der Waals surface area (Å²) in [6.07, 6.45) is 4.55. The van der Waals surface area contributed by atoms with E-state index in [0.717, 1.165) is 54.4 Å². The number of fused-ring (bicyclic) bond motifs is 1. The highest BCUT2D eigenvalue weighted by Crippen LogP contribution is 2.31. The van der Waals surface area contributed by atoms with Gasteiger partial charge in [-0.3, -0.25) is 9.59 Å². The molecule has 3 heterocycles. The Morgan fingerprint density at radius 1 is 1.00 bits per heavy atom. The Labute approximate surface area is 183 Å². The number of amides is 1. The molecule has 7 nitrogen and oxygen atoms in total. The number of carbonyl (C=O) groups is 2. The number of nitrogens with zero attached hydrogens (tertiary/aromatic N) is 4. The third-order valence-electron chi connectivity index (χ3n) is 5.93. The molecular weight excluding hydrogens is 392 g/mol. The van der Waals surface area contributed by atoms with Crippen LogP contribution in [0.5, 0.6) is 0 Å². The lowest BCUT2D eigenvalue weighted by Crippen LogP contribution is -2.39. The van der Waals surface area contributed by atoms with E-state index in [4.69, 9.17) is 14.7 Å². The van der Waals surface area contributed by atoms with Crippen LogP contribution in [0.25, 0.3) is 11.4 Å². The number of hydrogen-bond acceptors (Lipinski definition) is 6. The molecule has 2 aliphatic rings.